The van der Waals surface area contributed by atoms with E-state index in [-0.39, 0.29) is 12.0 Å². The summed E-state index contributed by atoms with van der Waals surface area (Å²) in [4.78, 5) is 19.1. The van der Waals surface area contributed by atoms with Gasteiger partial charge >= 0.3 is 0 Å². The highest BCUT2D eigenvalue weighted by Gasteiger charge is 2.32. The van der Waals surface area contributed by atoms with Gasteiger partial charge in [0, 0.05) is 37.9 Å². The topological polar surface area (TPSA) is 45.2 Å². The zero-order valence-corrected chi connectivity index (χ0v) is 11.9. The number of piperazine rings is 1. The van der Waals surface area contributed by atoms with Gasteiger partial charge in [0.1, 0.15) is 0 Å². The van der Waals surface area contributed by atoms with Gasteiger partial charge in [-0.15, -0.1) is 0 Å². The molecule has 1 amide bonds. The fraction of sp³-hybridized carbons (Fsp3) is 0.625. The Balaban J connectivity index is 1.76. The molecule has 3 rings (SSSR count). The summed E-state index contributed by atoms with van der Waals surface area (Å²) in [5.41, 5.74) is 1.14. The summed E-state index contributed by atoms with van der Waals surface area (Å²) in [7, 11) is 0. The first-order valence-electron chi connectivity index (χ1n) is 7.77. The standard InChI is InChI=1S/C16H23N3O/c20-16(13-5-2-1-3-6-13)19-10-9-18-12-15(19)14-7-4-8-17-11-14/h4,7-8,11,13,15,18H,1-3,5-6,9-10,12H2. The van der Waals surface area contributed by atoms with Crippen molar-refractivity contribution in [2.45, 2.75) is 38.1 Å². The molecule has 0 spiro atoms. The average Bonchev–Trinajstić information content (AvgIpc) is 2.56. The van der Waals surface area contributed by atoms with E-state index >= 15 is 0 Å². The van der Waals surface area contributed by atoms with Gasteiger partial charge in [0.2, 0.25) is 5.91 Å². The number of hydrogen-bond acceptors (Lipinski definition) is 3. The van der Waals surface area contributed by atoms with Gasteiger partial charge in [-0.05, 0) is 24.5 Å². The van der Waals surface area contributed by atoms with Crippen LogP contribution < -0.4 is 5.32 Å². The highest BCUT2D eigenvalue weighted by atomic mass is 16.2. The molecular formula is C16H23N3O. The number of hydrogen-bond donors (Lipinski definition) is 1. The molecule has 1 aliphatic carbocycles. The number of aromatic nitrogens is 1. The summed E-state index contributed by atoms with van der Waals surface area (Å²) < 4.78 is 0. The van der Waals surface area contributed by atoms with Crippen LogP contribution >= 0.6 is 0 Å². The fourth-order valence-corrected chi connectivity index (χ4v) is 3.42. The summed E-state index contributed by atoms with van der Waals surface area (Å²) in [6, 6.07) is 4.17. The Morgan fingerprint density at radius 1 is 1.30 bits per heavy atom. The number of amides is 1. The van der Waals surface area contributed by atoms with E-state index in [1.165, 1.54) is 19.3 Å². The van der Waals surface area contributed by atoms with E-state index in [1.807, 2.05) is 12.3 Å². The minimum absolute atomic E-state index is 0.145. The lowest BCUT2D eigenvalue weighted by Gasteiger charge is -2.39. The highest BCUT2D eigenvalue weighted by molar-refractivity contribution is 5.79. The number of pyridine rings is 1. The van der Waals surface area contributed by atoms with E-state index in [4.69, 9.17) is 0 Å². The van der Waals surface area contributed by atoms with Crippen molar-refractivity contribution >= 4 is 5.91 Å². The number of carbonyl (C=O) groups excluding carboxylic acids is 1. The average molecular weight is 273 g/mol. The zero-order chi connectivity index (χ0) is 13.8. The lowest BCUT2D eigenvalue weighted by Crippen LogP contribution is -2.50. The minimum atomic E-state index is 0.145. The van der Waals surface area contributed by atoms with Gasteiger partial charge in [-0.2, -0.15) is 0 Å². The van der Waals surface area contributed by atoms with Crippen molar-refractivity contribution in [3.05, 3.63) is 30.1 Å². The van der Waals surface area contributed by atoms with Crippen LogP contribution in [0.15, 0.2) is 24.5 Å². The molecule has 1 N–H and O–H groups in total. The largest absolute Gasteiger partial charge is 0.333 e. The molecule has 0 bridgehead atoms. The maximum Gasteiger partial charge on any atom is 0.226 e. The summed E-state index contributed by atoms with van der Waals surface area (Å²) in [6.07, 6.45) is 9.52. The molecule has 1 aromatic rings. The van der Waals surface area contributed by atoms with Crippen LogP contribution in [0.4, 0.5) is 0 Å². The first-order valence-corrected chi connectivity index (χ1v) is 7.77. The Bertz CT molecular complexity index is 442. The second-order valence-electron chi connectivity index (χ2n) is 5.87. The Morgan fingerprint density at radius 3 is 2.90 bits per heavy atom. The van der Waals surface area contributed by atoms with E-state index in [2.05, 4.69) is 21.3 Å². The minimum Gasteiger partial charge on any atom is -0.333 e. The molecule has 1 saturated carbocycles. The summed E-state index contributed by atoms with van der Waals surface area (Å²) >= 11 is 0. The van der Waals surface area contributed by atoms with E-state index in [1.54, 1.807) is 6.20 Å². The van der Waals surface area contributed by atoms with Crippen LogP contribution in [-0.4, -0.2) is 35.4 Å². The number of nitrogens with one attached hydrogen (secondary N) is 1. The van der Waals surface area contributed by atoms with E-state index in [0.717, 1.165) is 38.0 Å². The van der Waals surface area contributed by atoms with Gasteiger partial charge in [0.05, 0.1) is 6.04 Å². The number of rotatable bonds is 2. The maximum absolute atomic E-state index is 12.8. The lowest BCUT2D eigenvalue weighted by molar-refractivity contribution is -0.140. The predicted octanol–water partition coefficient (Wildman–Crippen LogP) is 2.13. The van der Waals surface area contributed by atoms with Crippen molar-refractivity contribution < 1.29 is 4.79 Å². The molecule has 108 valence electrons. The Kier molecular flexibility index (Phi) is 4.31. The molecule has 0 radical (unpaired) electrons. The molecule has 1 saturated heterocycles. The van der Waals surface area contributed by atoms with Crippen LogP contribution in [0.3, 0.4) is 0 Å². The number of carbonyl (C=O) groups is 1. The molecular weight excluding hydrogens is 250 g/mol. The van der Waals surface area contributed by atoms with Gasteiger partial charge in [-0.3, -0.25) is 9.78 Å². The SMILES string of the molecule is O=C(C1CCCCC1)N1CCNCC1c1cccnc1. The smallest absolute Gasteiger partial charge is 0.226 e. The van der Waals surface area contributed by atoms with Crippen LogP contribution in [-0.2, 0) is 4.79 Å². The van der Waals surface area contributed by atoms with E-state index in [9.17, 15) is 4.79 Å². The van der Waals surface area contributed by atoms with Crippen molar-refractivity contribution in [1.29, 1.82) is 0 Å². The normalized spacial score (nSPS) is 24.6. The molecule has 1 aromatic heterocycles. The molecule has 4 heteroatoms. The van der Waals surface area contributed by atoms with Gasteiger partial charge in [0.15, 0.2) is 0 Å². The Labute approximate surface area is 120 Å². The Morgan fingerprint density at radius 2 is 2.15 bits per heavy atom. The van der Waals surface area contributed by atoms with Crippen molar-refractivity contribution in [3.8, 4) is 0 Å². The van der Waals surface area contributed by atoms with Crippen molar-refractivity contribution in [3.63, 3.8) is 0 Å². The zero-order valence-electron chi connectivity index (χ0n) is 11.9. The second kappa shape index (κ2) is 6.35. The van der Waals surface area contributed by atoms with Gasteiger partial charge in [-0.25, -0.2) is 0 Å². The number of nitrogens with zero attached hydrogens (tertiary/aromatic N) is 2. The third kappa shape index (κ3) is 2.85. The molecule has 2 fully saturated rings. The van der Waals surface area contributed by atoms with Crippen LogP contribution in [0.5, 0.6) is 0 Å². The van der Waals surface area contributed by atoms with Gasteiger partial charge in [-0.1, -0.05) is 25.3 Å². The second-order valence-corrected chi connectivity index (χ2v) is 5.87. The van der Waals surface area contributed by atoms with Crippen molar-refractivity contribution in [2.24, 2.45) is 5.92 Å². The lowest BCUT2D eigenvalue weighted by atomic mass is 9.87. The van der Waals surface area contributed by atoms with E-state index in [0.29, 0.717) is 5.91 Å². The predicted molar refractivity (Wildman–Crippen MR) is 78.1 cm³/mol. The molecule has 1 unspecified atom stereocenters. The van der Waals surface area contributed by atoms with Crippen molar-refractivity contribution in [2.75, 3.05) is 19.6 Å². The molecule has 0 aromatic carbocycles. The molecule has 2 aliphatic rings. The van der Waals surface area contributed by atoms with Crippen LogP contribution in [0.2, 0.25) is 0 Å². The van der Waals surface area contributed by atoms with Gasteiger partial charge < -0.3 is 10.2 Å². The highest BCUT2D eigenvalue weighted by Crippen LogP contribution is 2.29. The first-order chi connectivity index (χ1) is 9.86. The third-order valence-electron chi connectivity index (χ3n) is 4.55. The van der Waals surface area contributed by atoms with Crippen LogP contribution in [0.1, 0.15) is 43.7 Å². The fourth-order valence-electron chi connectivity index (χ4n) is 3.42. The monoisotopic (exact) mass is 273 g/mol. The first kappa shape index (κ1) is 13.6. The van der Waals surface area contributed by atoms with Gasteiger partial charge in [0.25, 0.3) is 0 Å². The van der Waals surface area contributed by atoms with Crippen LogP contribution in [0.25, 0.3) is 0 Å². The molecule has 4 nitrogen and oxygen atoms in total. The summed E-state index contributed by atoms with van der Waals surface area (Å²) in [5, 5.41) is 3.40. The quantitative estimate of drug-likeness (QED) is 0.898. The van der Waals surface area contributed by atoms with Crippen molar-refractivity contribution in [1.82, 2.24) is 15.2 Å². The summed E-state index contributed by atoms with van der Waals surface area (Å²) in [5.74, 6) is 0.612. The summed E-state index contributed by atoms with van der Waals surface area (Å²) in [6.45, 7) is 2.55. The van der Waals surface area contributed by atoms with Crippen LogP contribution in [0, 0.1) is 5.92 Å². The third-order valence-corrected chi connectivity index (χ3v) is 4.55. The molecule has 1 atom stereocenters. The molecule has 1 aliphatic heterocycles. The maximum atomic E-state index is 12.8. The van der Waals surface area contributed by atoms with E-state index < -0.39 is 0 Å². The Hall–Kier alpha value is -1.42. The molecule has 20 heavy (non-hydrogen) atoms. The molecule has 2 heterocycles.